The van der Waals surface area contributed by atoms with Gasteiger partial charge in [-0.2, -0.15) is 0 Å². The van der Waals surface area contributed by atoms with E-state index in [9.17, 15) is 0 Å². The molecule has 0 saturated carbocycles. The Labute approximate surface area is 136 Å². The minimum Gasteiger partial charge on any atom is -0.493 e. The average molecular weight is 310 g/mol. The van der Waals surface area contributed by atoms with Crippen molar-refractivity contribution >= 4 is 5.69 Å². The number of nitrogens with one attached hydrogen (secondary N) is 2. The van der Waals surface area contributed by atoms with Crippen LogP contribution in [0.2, 0.25) is 0 Å². The quantitative estimate of drug-likeness (QED) is 0.909. The van der Waals surface area contributed by atoms with Crippen LogP contribution in [0.25, 0.3) is 0 Å². The van der Waals surface area contributed by atoms with Gasteiger partial charge >= 0.3 is 0 Å². The highest BCUT2D eigenvalue weighted by atomic mass is 16.5. The number of hydrogen-bond acceptors (Lipinski definition) is 4. The highest BCUT2D eigenvalue weighted by Crippen LogP contribution is 2.47. The van der Waals surface area contributed by atoms with Gasteiger partial charge in [-0.1, -0.05) is 30.3 Å². The molecule has 4 nitrogen and oxygen atoms in total. The maximum atomic E-state index is 6.17. The molecule has 1 atom stereocenters. The third kappa shape index (κ3) is 2.63. The third-order valence-electron chi connectivity index (χ3n) is 4.69. The summed E-state index contributed by atoms with van der Waals surface area (Å²) in [5.74, 6) is 1.66. The van der Waals surface area contributed by atoms with Crippen LogP contribution >= 0.6 is 0 Å². The Hall–Kier alpha value is -2.20. The highest BCUT2D eigenvalue weighted by molar-refractivity contribution is 5.72. The van der Waals surface area contributed by atoms with Gasteiger partial charge in [0, 0.05) is 12.6 Å². The lowest BCUT2D eigenvalue weighted by molar-refractivity contribution is 0.284. The summed E-state index contributed by atoms with van der Waals surface area (Å²) in [5.41, 5.74) is 5.01. The Bertz CT molecular complexity index is 698. The molecule has 4 rings (SSSR count). The van der Waals surface area contributed by atoms with E-state index in [1.54, 1.807) is 7.11 Å². The molecule has 0 bridgehead atoms. The van der Waals surface area contributed by atoms with Crippen molar-refractivity contribution in [1.82, 2.24) is 5.32 Å². The molecule has 0 aliphatic carbocycles. The van der Waals surface area contributed by atoms with Crippen molar-refractivity contribution < 1.29 is 9.47 Å². The molecule has 2 aliphatic rings. The zero-order valence-electron chi connectivity index (χ0n) is 13.4. The lowest BCUT2D eigenvalue weighted by atomic mass is 9.87. The summed E-state index contributed by atoms with van der Waals surface area (Å²) in [6.45, 7) is 2.53. The first-order chi connectivity index (χ1) is 11.4. The van der Waals surface area contributed by atoms with Crippen molar-refractivity contribution in [3.05, 3.63) is 53.1 Å². The van der Waals surface area contributed by atoms with Crippen LogP contribution in [0.15, 0.2) is 36.4 Å². The van der Waals surface area contributed by atoms with Crippen LogP contribution in [0.4, 0.5) is 5.69 Å². The monoisotopic (exact) mass is 310 g/mol. The second kappa shape index (κ2) is 6.13. The molecule has 4 heteroatoms. The summed E-state index contributed by atoms with van der Waals surface area (Å²) in [5, 5.41) is 7.16. The lowest BCUT2D eigenvalue weighted by Crippen LogP contribution is -2.35. The van der Waals surface area contributed by atoms with E-state index in [1.807, 2.05) is 18.2 Å². The molecule has 0 radical (unpaired) electrons. The van der Waals surface area contributed by atoms with E-state index in [0.29, 0.717) is 12.6 Å². The first-order valence-electron chi connectivity index (χ1n) is 8.24. The number of hydrogen-bond donors (Lipinski definition) is 2. The Balaban J connectivity index is 1.72. The number of anilines is 1. The smallest absolute Gasteiger partial charge is 0.185 e. The van der Waals surface area contributed by atoms with Crippen LogP contribution < -0.4 is 20.1 Å². The van der Waals surface area contributed by atoms with Crippen LogP contribution in [0, 0.1) is 0 Å². The molecular weight excluding hydrogens is 288 g/mol. The predicted octanol–water partition coefficient (Wildman–Crippen LogP) is 3.28. The van der Waals surface area contributed by atoms with Crippen molar-refractivity contribution in [2.45, 2.75) is 25.5 Å². The molecule has 0 unspecified atom stereocenters. The summed E-state index contributed by atoms with van der Waals surface area (Å²) in [6.07, 6.45) is 2.15. The zero-order chi connectivity index (χ0) is 15.6. The van der Waals surface area contributed by atoms with E-state index in [1.165, 1.54) is 11.1 Å². The van der Waals surface area contributed by atoms with Crippen molar-refractivity contribution in [2.75, 3.05) is 25.5 Å². The highest BCUT2D eigenvalue weighted by Gasteiger charge is 2.30. The van der Waals surface area contributed by atoms with E-state index >= 15 is 0 Å². The Morgan fingerprint density at radius 1 is 1.17 bits per heavy atom. The van der Waals surface area contributed by atoms with Gasteiger partial charge in [-0.05, 0) is 42.1 Å². The van der Waals surface area contributed by atoms with Crippen molar-refractivity contribution in [2.24, 2.45) is 0 Å². The summed E-state index contributed by atoms with van der Waals surface area (Å²) in [4.78, 5) is 0. The van der Waals surface area contributed by atoms with Crippen molar-refractivity contribution in [3.63, 3.8) is 0 Å². The summed E-state index contributed by atoms with van der Waals surface area (Å²) < 4.78 is 11.8. The van der Waals surface area contributed by atoms with Gasteiger partial charge in [0.2, 0.25) is 0 Å². The number of benzene rings is 2. The van der Waals surface area contributed by atoms with Crippen molar-refractivity contribution in [3.8, 4) is 11.5 Å². The van der Waals surface area contributed by atoms with Gasteiger partial charge < -0.3 is 20.1 Å². The van der Waals surface area contributed by atoms with Gasteiger partial charge in [0.15, 0.2) is 11.5 Å². The standard InChI is InChI=1S/C19H22N2O2/c1-22-16-11-14-7-9-20-15-8-10-21-18(17(14)15)19(16)23-12-13-5-3-2-4-6-13/h2-6,11,15,20-21H,7-10,12H2,1H3/t15-/m0/s1. The van der Waals surface area contributed by atoms with Crippen LogP contribution in [0.5, 0.6) is 11.5 Å². The van der Waals surface area contributed by atoms with E-state index < -0.39 is 0 Å². The van der Waals surface area contributed by atoms with E-state index in [2.05, 4.69) is 28.8 Å². The summed E-state index contributed by atoms with van der Waals surface area (Å²) in [6, 6.07) is 12.8. The molecule has 0 fully saturated rings. The van der Waals surface area contributed by atoms with E-state index in [4.69, 9.17) is 9.47 Å². The fourth-order valence-electron chi connectivity index (χ4n) is 3.58. The lowest BCUT2D eigenvalue weighted by Gasteiger charge is -2.35. The van der Waals surface area contributed by atoms with Gasteiger partial charge in [-0.3, -0.25) is 0 Å². The van der Waals surface area contributed by atoms with Crippen LogP contribution in [0.1, 0.15) is 29.2 Å². The minimum absolute atomic E-state index is 0.431. The largest absolute Gasteiger partial charge is 0.493 e. The van der Waals surface area contributed by atoms with Gasteiger partial charge in [0.25, 0.3) is 0 Å². The Morgan fingerprint density at radius 2 is 2.04 bits per heavy atom. The maximum Gasteiger partial charge on any atom is 0.185 e. The fourth-order valence-corrected chi connectivity index (χ4v) is 3.58. The van der Waals surface area contributed by atoms with Gasteiger partial charge in [-0.15, -0.1) is 0 Å². The Kier molecular flexibility index (Phi) is 3.83. The first kappa shape index (κ1) is 14.4. The van der Waals surface area contributed by atoms with Gasteiger partial charge in [-0.25, -0.2) is 0 Å². The zero-order valence-corrected chi connectivity index (χ0v) is 13.4. The number of methoxy groups -OCH3 is 1. The topological polar surface area (TPSA) is 42.5 Å². The maximum absolute atomic E-state index is 6.17. The molecule has 2 aromatic rings. The molecule has 120 valence electrons. The average Bonchev–Trinajstić information content (AvgIpc) is 2.62. The molecule has 23 heavy (non-hydrogen) atoms. The molecule has 2 N–H and O–H groups in total. The molecule has 0 aromatic heterocycles. The van der Waals surface area contributed by atoms with Gasteiger partial charge in [0.05, 0.1) is 12.8 Å². The number of rotatable bonds is 4. The minimum atomic E-state index is 0.431. The first-order valence-corrected chi connectivity index (χ1v) is 8.24. The van der Waals surface area contributed by atoms with Crippen LogP contribution in [0.3, 0.4) is 0 Å². The van der Waals surface area contributed by atoms with Crippen LogP contribution in [-0.2, 0) is 13.0 Å². The molecular formula is C19H22N2O2. The third-order valence-corrected chi connectivity index (χ3v) is 4.69. The molecule has 2 aliphatic heterocycles. The molecule has 2 heterocycles. The second-order valence-corrected chi connectivity index (χ2v) is 6.10. The Morgan fingerprint density at radius 3 is 2.87 bits per heavy atom. The summed E-state index contributed by atoms with van der Waals surface area (Å²) in [7, 11) is 1.71. The second-order valence-electron chi connectivity index (χ2n) is 6.10. The van der Waals surface area contributed by atoms with Crippen LogP contribution in [-0.4, -0.2) is 20.2 Å². The fraction of sp³-hybridized carbons (Fsp3) is 0.368. The normalized spacial score (nSPS) is 18.7. The molecule has 0 amide bonds. The van der Waals surface area contributed by atoms with Gasteiger partial charge in [0.1, 0.15) is 6.61 Å². The molecule has 2 aromatic carbocycles. The van der Waals surface area contributed by atoms with E-state index in [-0.39, 0.29) is 0 Å². The SMILES string of the molecule is COc1cc2c3c(c1OCc1ccccc1)NCC[C@@H]3NCC2. The molecule has 0 spiro atoms. The number of ether oxygens (including phenoxy) is 2. The summed E-state index contributed by atoms with van der Waals surface area (Å²) >= 11 is 0. The predicted molar refractivity (Wildman–Crippen MR) is 91.3 cm³/mol. The molecule has 0 saturated heterocycles. The van der Waals surface area contributed by atoms with Crippen molar-refractivity contribution in [1.29, 1.82) is 0 Å². The van der Waals surface area contributed by atoms with E-state index in [0.717, 1.165) is 48.7 Å².